The number of benzene rings is 6. The number of hydrogen-bond donors (Lipinski definition) is 3. The van der Waals surface area contributed by atoms with Gasteiger partial charge in [0.25, 0.3) is 11.8 Å². The largest absolute Gasteiger partial charge is 0.495 e. The Morgan fingerprint density at radius 1 is 0.517 bits per heavy atom. The Bertz CT molecular complexity index is 2460. The fourth-order valence-electron chi connectivity index (χ4n) is 5.84. The van der Waals surface area contributed by atoms with Gasteiger partial charge in [-0.2, -0.15) is 0 Å². The zero-order valence-electron chi connectivity index (χ0n) is 32.7. The van der Waals surface area contributed by atoms with Gasteiger partial charge in [0.1, 0.15) is 36.1 Å². The molecule has 0 aromatic heterocycles. The second-order valence-corrected chi connectivity index (χ2v) is 14.1. The van der Waals surface area contributed by atoms with Crippen molar-refractivity contribution in [2.24, 2.45) is 0 Å². The minimum Gasteiger partial charge on any atom is -0.495 e. The van der Waals surface area contributed by atoms with Crippen molar-refractivity contribution in [2.75, 3.05) is 30.2 Å². The minimum atomic E-state index is -0.707. The second-order valence-electron chi connectivity index (χ2n) is 14.1. The van der Waals surface area contributed by atoms with E-state index in [-0.39, 0.29) is 47.2 Å². The molecule has 12 heteroatoms. The first-order valence-corrected chi connectivity index (χ1v) is 18.3. The molecule has 0 saturated carbocycles. The fraction of sp³-hybridized carbons (Fsp3) is 0.174. The highest BCUT2D eigenvalue weighted by atomic mass is 16.6. The summed E-state index contributed by atoms with van der Waals surface area (Å²) >= 11 is 0. The predicted molar refractivity (Wildman–Crippen MR) is 222 cm³/mol. The maximum absolute atomic E-state index is 13.8. The number of esters is 1. The van der Waals surface area contributed by atoms with Crippen LogP contribution in [0.3, 0.4) is 0 Å². The maximum atomic E-state index is 13.8. The minimum absolute atomic E-state index is 0.148. The summed E-state index contributed by atoms with van der Waals surface area (Å²) in [6, 6.07) is 37.2. The van der Waals surface area contributed by atoms with Crippen LogP contribution in [-0.4, -0.2) is 43.7 Å². The highest BCUT2D eigenvalue weighted by Crippen LogP contribution is 2.32. The van der Waals surface area contributed by atoms with E-state index in [0.717, 1.165) is 21.9 Å². The highest BCUT2D eigenvalue weighted by molar-refractivity contribution is 6.08. The zero-order valence-corrected chi connectivity index (χ0v) is 32.7. The van der Waals surface area contributed by atoms with Crippen molar-refractivity contribution in [3.63, 3.8) is 0 Å². The van der Waals surface area contributed by atoms with Gasteiger partial charge in [0.05, 0.1) is 36.8 Å². The van der Waals surface area contributed by atoms with Crippen molar-refractivity contribution >= 4 is 51.7 Å². The number of carbonyl (C=O) groups excluding carboxylic acids is 4. The van der Waals surface area contributed by atoms with E-state index < -0.39 is 29.5 Å². The predicted octanol–water partition coefficient (Wildman–Crippen LogP) is 9.64. The Labute approximate surface area is 336 Å². The van der Waals surface area contributed by atoms with E-state index >= 15 is 0 Å². The lowest BCUT2D eigenvalue weighted by Crippen LogP contribution is -2.27. The molecule has 6 aromatic rings. The maximum Gasteiger partial charge on any atom is 0.412 e. The molecule has 0 aliphatic carbocycles. The van der Waals surface area contributed by atoms with E-state index in [0.29, 0.717) is 17.1 Å². The third-order valence-corrected chi connectivity index (χ3v) is 8.69. The number of anilines is 3. The van der Waals surface area contributed by atoms with Crippen LogP contribution in [0.5, 0.6) is 17.2 Å². The van der Waals surface area contributed by atoms with E-state index in [4.69, 9.17) is 23.7 Å². The third kappa shape index (κ3) is 10.5. The summed E-state index contributed by atoms with van der Waals surface area (Å²) in [5, 5.41) is 10.5. The monoisotopic (exact) mass is 781 g/mol. The van der Waals surface area contributed by atoms with Crippen LogP contribution in [0.4, 0.5) is 21.9 Å². The first kappa shape index (κ1) is 40.3. The smallest absolute Gasteiger partial charge is 0.412 e. The van der Waals surface area contributed by atoms with Crippen molar-refractivity contribution in [2.45, 2.75) is 39.6 Å². The molecule has 0 fully saturated rings. The number of hydrogen-bond acceptors (Lipinski definition) is 9. The Hall–Kier alpha value is -7.34. The van der Waals surface area contributed by atoms with Crippen LogP contribution < -0.4 is 30.2 Å². The van der Waals surface area contributed by atoms with Gasteiger partial charge in [-0.05, 0) is 103 Å². The normalized spacial score (nSPS) is 10.9. The third-order valence-electron chi connectivity index (χ3n) is 8.69. The van der Waals surface area contributed by atoms with E-state index in [1.807, 2.05) is 72.8 Å². The summed E-state index contributed by atoms with van der Waals surface area (Å²) in [6.45, 7) is 5.57. The standard InChI is InChI=1S/C46H43N3O9/c1-46(2,3)58-45(53)49-36-20-17-33(24-39(36)54-4)42(50)47-37-21-18-34(25-40(37)56-27-29-11-7-6-8-12-29)43(51)48-38-22-19-35(44(52)55-5)26-41(38)57-28-30-15-16-31-13-9-10-14-32(31)23-30/h6-26H,27-28H2,1-5H3,(H,47,50)(H,48,51)(H,49,53). The van der Waals surface area contributed by atoms with Crippen LogP contribution in [0.1, 0.15) is 63.0 Å². The summed E-state index contributed by atoms with van der Waals surface area (Å²) in [6.07, 6.45) is -0.671. The molecule has 0 radical (unpaired) electrons. The average Bonchev–Trinajstić information content (AvgIpc) is 3.22. The van der Waals surface area contributed by atoms with Crippen molar-refractivity contribution in [1.29, 1.82) is 0 Å². The molecular formula is C46H43N3O9. The van der Waals surface area contributed by atoms with Gasteiger partial charge >= 0.3 is 12.1 Å². The topological polar surface area (TPSA) is 151 Å². The Balaban J connectivity index is 1.24. The molecule has 0 heterocycles. The van der Waals surface area contributed by atoms with Crippen molar-refractivity contribution < 1.29 is 42.9 Å². The van der Waals surface area contributed by atoms with Gasteiger partial charge < -0.3 is 34.3 Å². The Morgan fingerprint density at radius 2 is 1.03 bits per heavy atom. The second kappa shape index (κ2) is 18.1. The molecule has 0 spiro atoms. The lowest BCUT2D eigenvalue weighted by Gasteiger charge is -2.20. The van der Waals surface area contributed by atoms with Gasteiger partial charge in [0, 0.05) is 11.1 Å². The first-order chi connectivity index (χ1) is 27.9. The number of ether oxygens (including phenoxy) is 5. The summed E-state index contributed by atoms with van der Waals surface area (Å²) < 4.78 is 28.1. The summed E-state index contributed by atoms with van der Waals surface area (Å²) in [4.78, 5) is 52.3. The number of methoxy groups -OCH3 is 2. The fourth-order valence-corrected chi connectivity index (χ4v) is 5.84. The molecule has 3 amide bonds. The highest BCUT2D eigenvalue weighted by Gasteiger charge is 2.21. The van der Waals surface area contributed by atoms with Gasteiger partial charge in [0.2, 0.25) is 0 Å². The van der Waals surface area contributed by atoms with Crippen LogP contribution in [0.15, 0.2) is 127 Å². The van der Waals surface area contributed by atoms with Crippen molar-refractivity contribution in [3.05, 3.63) is 155 Å². The van der Waals surface area contributed by atoms with Gasteiger partial charge in [-0.15, -0.1) is 0 Å². The molecule has 0 aliphatic heterocycles. The number of fused-ring (bicyclic) bond motifs is 1. The van der Waals surface area contributed by atoms with Crippen LogP contribution in [-0.2, 0) is 22.7 Å². The SMILES string of the molecule is COC(=O)c1ccc(NC(=O)c2ccc(NC(=O)c3ccc(NC(=O)OC(C)(C)C)c(OC)c3)c(OCc3ccccc3)c2)c(OCc2ccc3ccccc3c2)c1. The van der Waals surface area contributed by atoms with Gasteiger partial charge in [0.15, 0.2) is 0 Å². The van der Waals surface area contributed by atoms with Crippen molar-refractivity contribution in [1.82, 2.24) is 0 Å². The molecule has 0 aliphatic rings. The average molecular weight is 782 g/mol. The lowest BCUT2D eigenvalue weighted by molar-refractivity contribution is 0.0597. The van der Waals surface area contributed by atoms with Crippen LogP contribution in [0.2, 0.25) is 0 Å². The number of rotatable bonds is 13. The van der Waals surface area contributed by atoms with Crippen LogP contribution >= 0.6 is 0 Å². The lowest BCUT2D eigenvalue weighted by atomic mass is 10.1. The summed E-state index contributed by atoms with van der Waals surface area (Å²) in [5.74, 6) is -0.820. The van der Waals surface area contributed by atoms with Crippen LogP contribution in [0, 0.1) is 0 Å². The van der Waals surface area contributed by atoms with Crippen molar-refractivity contribution in [3.8, 4) is 17.2 Å². The Kier molecular flexibility index (Phi) is 12.6. The molecule has 0 unspecified atom stereocenters. The summed E-state index contributed by atoms with van der Waals surface area (Å²) in [7, 11) is 2.71. The molecule has 0 bridgehead atoms. The Morgan fingerprint density at radius 3 is 1.62 bits per heavy atom. The molecule has 0 atom stereocenters. The number of nitrogens with one attached hydrogen (secondary N) is 3. The van der Waals surface area contributed by atoms with E-state index in [9.17, 15) is 19.2 Å². The molecule has 12 nitrogen and oxygen atoms in total. The zero-order chi connectivity index (χ0) is 41.2. The summed E-state index contributed by atoms with van der Waals surface area (Å²) in [5.41, 5.74) is 2.69. The van der Waals surface area contributed by atoms with E-state index in [2.05, 4.69) is 16.0 Å². The van der Waals surface area contributed by atoms with E-state index in [1.165, 1.54) is 50.6 Å². The molecule has 6 rings (SSSR count). The quantitative estimate of drug-likeness (QED) is 0.0974. The molecule has 58 heavy (non-hydrogen) atoms. The molecule has 0 saturated heterocycles. The van der Waals surface area contributed by atoms with Crippen LogP contribution in [0.25, 0.3) is 10.8 Å². The van der Waals surface area contributed by atoms with Gasteiger partial charge in [-0.25, -0.2) is 9.59 Å². The number of carbonyl (C=O) groups is 4. The molecule has 3 N–H and O–H groups in total. The number of amides is 3. The van der Waals surface area contributed by atoms with Gasteiger partial charge in [-0.3, -0.25) is 14.9 Å². The van der Waals surface area contributed by atoms with E-state index in [1.54, 1.807) is 39.0 Å². The molecule has 6 aromatic carbocycles. The molecule has 296 valence electrons. The van der Waals surface area contributed by atoms with Gasteiger partial charge in [-0.1, -0.05) is 66.7 Å². The molecular weight excluding hydrogens is 739 g/mol. The first-order valence-electron chi connectivity index (χ1n) is 18.3.